The Morgan fingerprint density at radius 3 is 2.29 bits per heavy atom. The van der Waals surface area contributed by atoms with E-state index >= 15 is 4.79 Å². The van der Waals surface area contributed by atoms with Crippen LogP contribution in [0.15, 0.2) is 65.7 Å². The number of sulfonamides is 1. The van der Waals surface area contributed by atoms with Crippen molar-refractivity contribution in [2.75, 3.05) is 57.3 Å². The molecule has 13 heteroatoms. The number of ether oxygens (including phenoxy) is 2. The lowest BCUT2D eigenvalue weighted by Crippen LogP contribution is -2.60. The molecule has 1 atom stereocenters. The van der Waals surface area contributed by atoms with E-state index in [1.165, 1.54) is 48.5 Å². The number of piperidine rings is 2. The van der Waals surface area contributed by atoms with E-state index in [2.05, 4.69) is 22.9 Å². The van der Waals surface area contributed by atoms with Gasteiger partial charge in [-0.25, -0.2) is 18.2 Å². The highest BCUT2D eigenvalue weighted by molar-refractivity contribution is 7.93. The van der Waals surface area contributed by atoms with Crippen LogP contribution in [0.1, 0.15) is 63.1 Å². The fourth-order valence-electron chi connectivity index (χ4n) is 8.19. The van der Waals surface area contributed by atoms with E-state index in [4.69, 9.17) is 9.47 Å². The Kier molecular flexibility index (Phi) is 10.6. The van der Waals surface area contributed by atoms with Crippen LogP contribution in [-0.4, -0.2) is 93.0 Å². The van der Waals surface area contributed by atoms with Crippen molar-refractivity contribution < 1.29 is 27.5 Å². The van der Waals surface area contributed by atoms with Crippen molar-refractivity contribution in [3.05, 3.63) is 77.5 Å². The number of amides is 3. The summed E-state index contributed by atoms with van der Waals surface area (Å²) in [6.45, 7) is 10.3. The summed E-state index contributed by atoms with van der Waals surface area (Å²) in [5.41, 5.74) is -1.45. The zero-order valence-corrected chi connectivity index (χ0v) is 30.6. The maximum atomic E-state index is 15.5. The van der Waals surface area contributed by atoms with Crippen LogP contribution < -0.4 is 13.8 Å². The number of carbonyl (C=O) groups is 2. The number of nitrogens with zero attached hydrogens (tertiary/aromatic N) is 6. The summed E-state index contributed by atoms with van der Waals surface area (Å²) in [5.74, 6) is 0.362. The van der Waals surface area contributed by atoms with E-state index in [-0.39, 0.29) is 52.1 Å². The second kappa shape index (κ2) is 14.9. The lowest BCUT2D eigenvalue weighted by molar-refractivity contribution is -0.125. The van der Waals surface area contributed by atoms with Crippen LogP contribution in [0.2, 0.25) is 0 Å². The first-order valence-corrected chi connectivity index (χ1v) is 19.3. The number of carbonyl (C=O) groups excluding carboxylic acids is 2. The van der Waals surface area contributed by atoms with Crippen molar-refractivity contribution in [2.45, 2.75) is 56.9 Å². The first-order valence-electron chi connectivity index (χ1n) is 17.8. The lowest BCUT2D eigenvalue weighted by Gasteiger charge is -2.45. The van der Waals surface area contributed by atoms with Crippen LogP contribution in [0.5, 0.6) is 11.6 Å². The predicted molar refractivity (Wildman–Crippen MR) is 192 cm³/mol. The number of benzene rings is 2. The van der Waals surface area contributed by atoms with Crippen molar-refractivity contribution in [2.24, 2.45) is 11.8 Å². The number of hydrogen-bond donors (Lipinski definition) is 0. The lowest BCUT2D eigenvalue weighted by atomic mass is 9.78. The van der Waals surface area contributed by atoms with E-state index in [1.807, 2.05) is 0 Å². The molecule has 0 spiro atoms. The number of likely N-dealkylation sites (tertiary alicyclic amines) is 2. The minimum atomic E-state index is -4.63. The molecule has 0 aliphatic carbocycles. The van der Waals surface area contributed by atoms with E-state index in [0.29, 0.717) is 24.9 Å². The van der Waals surface area contributed by atoms with Crippen LogP contribution >= 0.6 is 0 Å². The molecule has 270 valence electrons. The second-order valence-electron chi connectivity index (χ2n) is 13.2. The van der Waals surface area contributed by atoms with Gasteiger partial charge in [0, 0.05) is 31.4 Å². The Morgan fingerprint density at radius 1 is 0.980 bits per heavy atom. The zero-order chi connectivity index (χ0) is 36.3. The van der Waals surface area contributed by atoms with Gasteiger partial charge >= 0.3 is 6.03 Å². The van der Waals surface area contributed by atoms with Crippen LogP contribution in [-0.2, 0) is 20.4 Å². The highest BCUT2D eigenvalue weighted by atomic mass is 32.2. The molecule has 0 radical (unpaired) electrons. The molecule has 12 nitrogen and oxygen atoms in total. The van der Waals surface area contributed by atoms with Crippen LogP contribution in [0.25, 0.3) is 0 Å². The molecule has 51 heavy (non-hydrogen) atoms. The summed E-state index contributed by atoms with van der Waals surface area (Å²) < 4.78 is 41.5. The maximum Gasteiger partial charge on any atom is 0.321 e. The summed E-state index contributed by atoms with van der Waals surface area (Å²) >= 11 is 0. The molecule has 1 unspecified atom stereocenters. The number of pyridine rings is 1. The molecule has 3 aliphatic heterocycles. The molecule has 2 fully saturated rings. The quantitative estimate of drug-likeness (QED) is 0.277. The highest BCUT2D eigenvalue weighted by Crippen LogP contribution is 2.53. The molecule has 0 saturated carbocycles. The first-order chi connectivity index (χ1) is 24.7. The van der Waals surface area contributed by atoms with Crippen molar-refractivity contribution in [1.82, 2.24) is 19.7 Å². The average molecular weight is 715 g/mol. The fourth-order valence-corrected chi connectivity index (χ4v) is 9.81. The molecule has 4 heterocycles. The predicted octanol–water partition coefficient (Wildman–Crippen LogP) is 5.23. The molecule has 0 bridgehead atoms. The average Bonchev–Trinajstić information content (AvgIpc) is 3.43. The van der Waals surface area contributed by atoms with Gasteiger partial charge in [0.1, 0.15) is 10.6 Å². The van der Waals surface area contributed by atoms with Gasteiger partial charge in [-0.2, -0.15) is 9.57 Å². The van der Waals surface area contributed by atoms with E-state index < -0.39 is 27.5 Å². The van der Waals surface area contributed by atoms with Crippen molar-refractivity contribution >= 4 is 27.6 Å². The minimum Gasteiger partial charge on any atom is -0.495 e. The number of rotatable bonds is 10. The topological polar surface area (TPSA) is 136 Å². The van der Waals surface area contributed by atoms with Crippen molar-refractivity contribution in [3.8, 4) is 17.7 Å². The molecule has 0 N–H and O–H groups in total. The summed E-state index contributed by atoms with van der Waals surface area (Å²) in [5, 5.41) is 10.0. The van der Waals surface area contributed by atoms with Gasteiger partial charge in [0.15, 0.2) is 5.54 Å². The molecule has 1 aromatic heterocycles. The number of anilines is 1. The van der Waals surface area contributed by atoms with Crippen LogP contribution in [0.4, 0.5) is 10.5 Å². The third kappa shape index (κ3) is 6.18. The Morgan fingerprint density at radius 2 is 1.67 bits per heavy atom. The van der Waals surface area contributed by atoms with E-state index in [1.54, 1.807) is 43.0 Å². The van der Waals surface area contributed by atoms with Gasteiger partial charge in [0.25, 0.3) is 15.9 Å². The van der Waals surface area contributed by atoms with Crippen molar-refractivity contribution in [3.63, 3.8) is 0 Å². The monoisotopic (exact) mass is 714 g/mol. The largest absolute Gasteiger partial charge is 0.495 e. The molecule has 6 rings (SSSR count). The molecule has 2 aromatic carbocycles. The smallest absolute Gasteiger partial charge is 0.321 e. The Balaban J connectivity index is 1.48. The van der Waals surface area contributed by atoms with Gasteiger partial charge in [-0.1, -0.05) is 19.1 Å². The number of urea groups is 1. The van der Waals surface area contributed by atoms with E-state index in [9.17, 15) is 18.5 Å². The summed E-state index contributed by atoms with van der Waals surface area (Å²) in [7, 11) is -3.27. The number of fused-ring (bicyclic) bond motifs is 1. The van der Waals surface area contributed by atoms with Crippen LogP contribution in [0, 0.1) is 23.2 Å². The zero-order valence-electron chi connectivity index (χ0n) is 29.7. The highest BCUT2D eigenvalue weighted by Gasteiger charge is 2.62. The maximum absolute atomic E-state index is 15.5. The molecule has 3 amide bonds. The number of methoxy groups -OCH3 is 1. The Labute approximate surface area is 300 Å². The summed E-state index contributed by atoms with van der Waals surface area (Å²) in [4.78, 5) is 40.4. The van der Waals surface area contributed by atoms with Gasteiger partial charge in [0.2, 0.25) is 5.88 Å². The standard InChI is InChI=1S/C38H46N6O6S/c1-5-41-21-16-28(17-22-41)29-18-23-42(24-19-29)37(46)43(6-2)38(30-11-10-20-40-35(30)50-7-3)31-25-27(26-39)14-15-32(31)44(36(38)45)51(47,48)34-13-9-8-12-33(34)49-4/h8-15,20,25,28-29H,5-7,16-19,21-24H2,1-4H3. The minimum absolute atomic E-state index is 0.0274. The van der Waals surface area contributed by atoms with Gasteiger partial charge in [0.05, 0.1) is 36.6 Å². The van der Waals surface area contributed by atoms with Gasteiger partial charge < -0.3 is 24.2 Å². The third-order valence-corrected chi connectivity index (χ3v) is 12.5. The number of para-hydroxylation sites is 1. The van der Waals surface area contributed by atoms with Crippen molar-refractivity contribution in [1.29, 1.82) is 5.26 Å². The number of aromatic nitrogens is 1. The summed E-state index contributed by atoms with van der Waals surface area (Å²) in [6.07, 6.45) is 5.52. The molecule has 3 aliphatic rings. The fraction of sp³-hybridized carbons (Fsp3) is 0.474. The second-order valence-corrected chi connectivity index (χ2v) is 14.9. The SMILES string of the molecule is CCOc1ncccc1C1(N(CC)C(=O)N2CCC(C3CCN(CC)CC3)CC2)C(=O)N(S(=O)(=O)c2ccccc2OC)c2ccc(C#N)cc21. The van der Waals surface area contributed by atoms with Gasteiger partial charge in [-0.3, -0.25) is 4.79 Å². The van der Waals surface area contributed by atoms with Gasteiger partial charge in [-0.15, -0.1) is 0 Å². The van der Waals surface area contributed by atoms with Crippen LogP contribution in [0.3, 0.4) is 0 Å². The molecular formula is C38H46N6O6S. The van der Waals surface area contributed by atoms with Gasteiger partial charge in [-0.05, 0) is 113 Å². The molecule has 3 aromatic rings. The Bertz CT molecular complexity index is 1920. The summed E-state index contributed by atoms with van der Waals surface area (Å²) in [6, 6.07) is 15.5. The molecular weight excluding hydrogens is 669 g/mol. The van der Waals surface area contributed by atoms with E-state index in [0.717, 1.165) is 49.6 Å². The Hall–Kier alpha value is -4.67. The normalized spacial score (nSPS) is 20.2. The third-order valence-electron chi connectivity index (χ3n) is 10.8. The number of hydrogen-bond acceptors (Lipinski definition) is 9. The number of likely N-dealkylation sites (N-methyl/N-ethyl adjacent to an activating group) is 1. The first kappa shape index (κ1) is 36.1. The molecule has 2 saturated heterocycles. The number of nitriles is 1.